The van der Waals surface area contributed by atoms with E-state index in [2.05, 4.69) is 13.2 Å². The first-order chi connectivity index (χ1) is 12.7. The summed E-state index contributed by atoms with van der Waals surface area (Å²) in [5, 5.41) is 0. The highest BCUT2D eigenvalue weighted by Gasteiger charge is 2.10. The van der Waals surface area contributed by atoms with E-state index in [9.17, 15) is 0 Å². The second kappa shape index (κ2) is 11.4. The molecule has 2 N–H and O–H groups in total. The van der Waals surface area contributed by atoms with Crippen molar-refractivity contribution in [1.82, 2.24) is 0 Å². The Morgan fingerprint density at radius 3 is 1.54 bits per heavy atom. The molecule has 0 fully saturated rings. The summed E-state index contributed by atoms with van der Waals surface area (Å²) < 4.78 is 17.0. The highest BCUT2D eigenvalue weighted by Crippen LogP contribution is 2.09. The van der Waals surface area contributed by atoms with Crippen molar-refractivity contribution in [2.24, 2.45) is 5.73 Å². The van der Waals surface area contributed by atoms with Crippen LogP contribution in [0.2, 0.25) is 0 Å². The monoisotopic (exact) mass is 353 g/mol. The molecular weight excluding hydrogens is 326 g/mol. The number of benzene rings is 2. The predicted molar refractivity (Wildman–Crippen MR) is 106 cm³/mol. The number of hydrogen-bond donors (Lipinski definition) is 1. The Morgan fingerprint density at radius 2 is 1.19 bits per heavy atom. The summed E-state index contributed by atoms with van der Waals surface area (Å²) >= 11 is 0. The molecule has 138 valence electrons. The minimum absolute atomic E-state index is 0.138. The van der Waals surface area contributed by atoms with Gasteiger partial charge in [-0.15, -0.1) is 0 Å². The maximum atomic E-state index is 5.74. The van der Waals surface area contributed by atoms with E-state index in [1.807, 2.05) is 60.7 Å². The zero-order chi connectivity index (χ0) is 18.6. The van der Waals surface area contributed by atoms with Crippen LogP contribution in [0.4, 0.5) is 0 Å². The Balaban J connectivity index is 1.72. The molecule has 0 atom stereocenters. The van der Waals surface area contributed by atoms with Gasteiger partial charge in [0.15, 0.2) is 0 Å². The van der Waals surface area contributed by atoms with Gasteiger partial charge in [-0.1, -0.05) is 73.8 Å². The molecule has 0 heterocycles. The summed E-state index contributed by atoms with van der Waals surface area (Å²) in [7, 11) is 0. The molecular formula is C22H27NO3. The van der Waals surface area contributed by atoms with Gasteiger partial charge in [0.25, 0.3) is 0 Å². The Morgan fingerprint density at radius 1 is 0.769 bits per heavy atom. The summed E-state index contributed by atoms with van der Waals surface area (Å²) in [6.07, 6.45) is 3.44. The minimum atomic E-state index is -0.195. The van der Waals surface area contributed by atoms with E-state index in [1.54, 1.807) is 0 Å². The van der Waals surface area contributed by atoms with Gasteiger partial charge in [-0.25, -0.2) is 0 Å². The Hall–Kier alpha value is -2.24. The third-order valence-corrected chi connectivity index (χ3v) is 3.91. The zero-order valence-electron chi connectivity index (χ0n) is 15.1. The van der Waals surface area contributed by atoms with Crippen LogP contribution in [0, 0.1) is 0 Å². The first-order valence-corrected chi connectivity index (χ1v) is 8.65. The van der Waals surface area contributed by atoms with E-state index < -0.39 is 0 Å². The molecule has 2 aromatic rings. The number of hydrogen-bond acceptors (Lipinski definition) is 4. The normalized spacial score (nSPS) is 10.8. The quantitative estimate of drug-likeness (QED) is 0.586. The molecule has 2 aromatic carbocycles. The van der Waals surface area contributed by atoms with E-state index in [4.69, 9.17) is 19.9 Å². The van der Waals surface area contributed by atoms with Crippen LogP contribution in [0.3, 0.4) is 0 Å². The molecule has 0 unspecified atom stereocenters. The van der Waals surface area contributed by atoms with Crippen molar-refractivity contribution in [3.8, 4) is 0 Å². The van der Waals surface area contributed by atoms with Crippen LogP contribution in [0.25, 0.3) is 12.2 Å². The molecule has 0 aliphatic carbocycles. The van der Waals surface area contributed by atoms with Gasteiger partial charge in [0.05, 0.1) is 33.2 Å². The van der Waals surface area contributed by atoms with Gasteiger partial charge in [0, 0.05) is 0 Å². The molecule has 0 bridgehead atoms. The van der Waals surface area contributed by atoms with E-state index in [1.165, 1.54) is 0 Å². The average molecular weight is 353 g/mol. The van der Waals surface area contributed by atoms with Gasteiger partial charge in [-0.2, -0.15) is 0 Å². The molecule has 4 heteroatoms. The molecule has 0 spiro atoms. The van der Waals surface area contributed by atoms with Gasteiger partial charge in [-0.05, 0) is 22.3 Å². The van der Waals surface area contributed by atoms with Crippen molar-refractivity contribution >= 4 is 12.2 Å². The summed E-state index contributed by atoms with van der Waals surface area (Å²) in [4.78, 5) is 0. The summed E-state index contributed by atoms with van der Waals surface area (Å²) in [5.74, 6) is 0. The van der Waals surface area contributed by atoms with Crippen molar-refractivity contribution in [3.63, 3.8) is 0 Å². The van der Waals surface area contributed by atoms with Crippen LogP contribution in [-0.4, -0.2) is 26.0 Å². The zero-order valence-corrected chi connectivity index (χ0v) is 15.1. The Bertz CT molecular complexity index is 607. The third kappa shape index (κ3) is 6.94. The molecule has 0 aliphatic rings. The van der Waals surface area contributed by atoms with E-state index in [0.717, 1.165) is 22.3 Å². The largest absolute Gasteiger partial charge is 0.374 e. The fraction of sp³-hybridized carbons (Fsp3) is 0.273. The van der Waals surface area contributed by atoms with Crippen molar-refractivity contribution in [3.05, 3.63) is 83.9 Å². The topological polar surface area (TPSA) is 53.7 Å². The lowest BCUT2D eigenvalue weighted by atomic mass is 10.1. The molecule has 0 amide bonds. The third-order valence-electron chi connectivity index (χ3n) is 3.91. The minimum Gasteiger partial charge on any atom is -0.374 e. The van der Waals surface area contributed by atoms with E-state index in [-0.39, 0.29) is 12.8 Å². The summed E-state index contributed by atoms with van der Waals surface area (Å²) in [6.45, 7) is 9.52. The van der Waals surface area contributed by atoms with Crippen molar-refractivity contribution in [2.45, 2.75) is 19.3 Å². The predicted octanol–water partition coefficient (Wildman–Crippen LogP) is 4.01. The average Bonchev–Trinajstić information content (AvgIpc) is 2.69. The van der Waals surface area contributed by atoms with Gasteiger partial charge in [0.2, 0.25) is 0 Å². The molecule has 0 saturated carbocycles. The van der Waals surface area contributed by atoms with E-state index >= 15 is 0 Å². The fourth-order valence-corrected chi connectivity index (χ4v) is 2.40. The van der Waals surface area contributed by atoms with E-state index in [0.29, 0.717) is 26.4 Å². The van der Waals surface area contributed by atoms with Crippen LogP contribution in [-0.2, 0) is 27.4 Å². The van der Waals surface area contributed by atoms with Crippen LogP contribution in [0.1, 0.15) is 22.3 Å². The lowest BCUT2D eigenvalue weighted by Crippen LogP contribution is -2.28. The number of nitrogens with two attached hydrogens (primary N) is 1. The maximum absolute atomic E-state index is 5.74. The Kier molecular flexibility index (Phi) is 8.79. The Labute approximate surface area is 155 Å². The molecule has 4 nitrogen and oxygen atoms in total. The van der Waals surface area contributed by atoms with Crippen LogP contribution in [0.15, 0.2) is 61.7 Å². The first kappa shape index (κ1) is 20.1. The smallest absolute Gasteiger partial charge is 0.106 e. The molecule has 0 aromatic heterocycles. The second-order valence-corrected chi connectivity index (χ2v) is 5.88. The molecule has 2 rings (SSSR count). The molecule has 26 heavy (non-hydrogen) atoms. The standard InChI is InChI=1S/C22H27NO3/c1-3-18-5-9-20(10-6-18)13-24-15-22(26-17-23)16-25-14-21-11-7-19(4-2)8-12-21/h3-12,22H,1-2,13-17,23H2. The maximum Gasteiger partial charge on any atom is 0.106 e. The summed E-state index contributed by atoms with van der Waals surface area (Å²) in [6, 6.07) is 16.2. The number of rotatable bonds is 12. The van der Waals surface area contributed by atoms with Crippen molar-refractivity contribution in [2.75, 3.05) is 19.9 Å². The molecule has 0 saturated heterocycles. The van der Waals surface area contributed by atoms with Crippen LogP contribution in [0.5, 0.6) is 0 Å². The van der Waals surface area contributed by atoms with Crippen LogP contribution < -0.4 is 5.73 Å². The highest BCUT2D eigenvalue weighted by molar-refractivity contribution is 5.47. The number of ether oxygens (including phenoxy) is 3. The highest BCUT2D eigenvalue weighted by atomic mass is 16.6. The SMILES string of the molecule is C=Cc1ccc(COCC(COCc2ccc(C=C)cc2)OCN)cc1. The van der Waals surface area contributed by atoms with Gasteiger partial charge >= 0.3 is 0 Å². The van der Waals surface area contributed by atoms with Crippen LogP contribution >= 0.6 is 0 Å². The van der Waals surface area contributed by atoms with Gasteiger partial charge in [0.1, 0.15) is 6.10 Å². The molecule has 0 aliphatic heterocycles. The van der Waals surface area contributed by atoms with Crippen molar-refractivity contribution in [1.29, 1.82) is 0 Å². The van der Waals surface area contributed by atoms with Gasteiger partial charge in [-0.3, -0.25) is 0 Å². The van der Waals surface area contributed by atoms with Crippen molar-refractivity contribution < 1.29 is 14.2 Å². The fourth-order valence-electron chi connectivity index (χ4n) is 2.40. The lowest BCUT2D eigenvalue weighted by molar-refractivity contribution is -0.0649. The lowest BCUT2D eigenvalue weighted by Gasteiger charge is -2.17. The first-order valence-electron chi connectivity index (χ1n) is 8.65. The van der Waals surface area contributed by atoms with Gasteiger partial charge < -0.3 is 19.9 Å². The second-order valence-electron chi connectivity index (χ2n) is 5.88. The summed E-state index contributed by atoms with van der Waals surface area (Å²) in [5.41, 5.74) is 9.89. The molecule has 0 radical (unpaired) electrons.